The van der Waals surface area contributed by atoms with Crippen LogP contribution in [0.25, 0.3) is 0 Å². The smallest absolute Gasteiger partial charge is 0.118 e. The maximum Gasteiger partial charge on any atom is 0.118 e. The molecule has 15 heavy (non-hydrogen) atoms. The summed E-state index contributed by atoms with van der Waals surface area (Å²) < 4.78 is 5.09. The third kappa shape index (κ3) is 2.92. The van der Waals surface area contributed by atoms with Gasteiger partial charge in [0.25, 0.3) is 0 Å². The highest BCUT2D eigenvalue weighted by atomic mass is 16.7. The van der Waals surface area contributed by atoms with E-state index < -0.39 is 0 Å². The van der Waals surface area contributed by atoms with Gasteiger partial charge >= 0.3 is 0 Å². The number of nitrogens with zero attached hydrogens (tertiary/aromatic N) is 1. The van der Waals surface area contributed by atoms with Crippen LogP contribution in [0.15, 0.2) is 24.3 Å². The predicted octanol–water partition coefficient (Wildman–Crippen LogP) is 1.19. The summed E-state index contributed by atoms with van der Waals surface area (Å²) in [6, 6.07) is 7.89. The molecule has 1 aromatic carbocycles. The van der Waals surface area contributed by atoms with E-state index in [0.717, 1.165) is 11.3 Å². The van der Waals surface area contributed by atoms with Gasteiger partial charge in [0.15, 0.2) is 0 Å². The van der Waals surface area contributed by atoms with Crippen molar-refractivity contribution >= 4 is 0 Å². The van der Waals surface area contributed by atoms with Crippen molar-refractivity contribution < 1.29 is 9.57 Å². The SMILES string of the molecule is COc1ccc(C(CN)N(C)OC)cc1. The van der Waals surface area contributed by atoms with E-state index >= 15 is 0 Å². The lowest BCUT2D eigenvalue weighted by Gasteiger charge is -2.24. The Morgan fingerprint density at radius 3 is 2.27 bits per heavy atom. The van der Waals surface area contributed by atoms with Crippen LogP contribution in [0.4, 0.5) is 0 Å². The van der Waals surface area contributed by atoms with Gasteiger partial charge in [0, 0.05) is 13.6 Å². The molecule has 0 aliphatic rings. The van der Waals surface area contributed by atoms with E-state index in [2.05, 4.69) is 0 Å². The molecule has 0 saturated heterocycles. The van der Waals surface area contributed by atoms with Gasteiger partial charge in [-0.15, -0.1) is 0 Å². The third-order valence-electron chi connectivity index (χ3n) is 2.45. The van der Waals surface area contributed by atoms with Crippen molar-refractivity contribution in [3.8, 4) is 5.75 Å². The van der Waals surface area contributed by atoms with E-state index in [1.165, 1.54) is 0 Å². The molecule has 0 fully saturated rings. The van der Waals surface area contributed by atoms with Crippen molar-refractivity contribution in [1.29, 1.82) is 0 Å². The first-order valence-electron chi connectivity index (χ1n) is 4.84. The maximum absolute atomic E-state index is 5.70. The van der Waals surface area contributed by atoms with Gasteiger partial charge in [0.1, 0.15) is 5.75 Å². The Balaban J connectivity index is 2.83. The summed E-state index contributed by atoms with van der Waals surface area (Å²) in [6.07, 6.45) is 0. The second-order valence-electron chi connectivity index (χ2n) is 3.25. The van der Waals surface area contributed by atoms with Crippen LogP contribution in [0.1, 0.15) is 11.6 Å². The summed E-state index contributed by atoms with van der Waals surface area (Å²) in [5, 5.41) is 1.74. The minimum atomic E-state index is 0.0703. The van der Waals surface area contributed by atoms with Crippen molar-refractivity contribution in [2.45, 2.75) is 6.04 Å². The molecule has 84 valence electrons. The van der Waals surface area contributed by atoms with Crippen molar-refractivity contribution in [2.75, 3.05) is 27.8 Å². The summed E-state index contributed by atoms with van der Waals surface area (Å²) >= 11 is 0. The van der Waals surface area contributed by atoms with Crippen LogP contribution in [0.3, 0.4) is 0 Å². The predicted molar refractivity (Wildman–Crippen MR) is 59.6 cm³/mol. The Bertz CT molecular complexity index is 287. The summed E-state index contributed by atoms with van der Waals surface area (Å²) in [4.78, 5) is 5.14. The molecule has 0 amide bonds. The van der Waals surface area contributed by atoms with Crippen molar-refractivity contribution in [3.63, 3.8) is 0 Å². The van der Waals surface area contributed by atoms with E-state index in [1.54, 1.807) is 19.3 Å². The number of methoxy groups -OCH3 is 1. The first kappa shape index (κ1) is 12.0. The molecule has 0 aromatic heterocycles. The zero-order chi connectivity index (χ0) is 11.3. The molecule has 0 aliphatic heterocycles. The van der Waals surface area contributed by atoms with Crippen LogP contribution in [0, 0.1) is 0 Å². The Morgan fingerprint density at radius 2 is 1.87 bits per heavy atom. The Hall–Kier alpha value is -1.10. The summed E-state index contributed by atoms with van der Waals surface area (Å²) in [5.41, 5.74) is 6.81. The molecule has 0 spiro atoms. The minimum absolute atomic E-state index is 0.0703. The van der Waals surface area contributed by atoms with E-state index in [9.17, 15) is 0 Å². The van der Waals surface area contributed by atoms with Gasteiger partial charge in [0.2, 0.25) is 0 Å². The van der Waals surface area contributed by atoms with Gasteiger partial charge in [-0.25, -0.2) is 0 Å². The fraction of sp³-hybridized carbons (Fsp3) is 0.455. The molecule has 0 radical (unpaired) electrons. The zero-order valence-electron chi connectivity index (χ0n) is 9.43. The van der Waals surface area contributed by atoms with E-state index in [-0.39, 0.29) is 6.04 Å². The lowest BCUT2D eigenvalue weighted by atomic mass is 10.1. The number of nitrogens with two attached hydrogens (primary N) is 1. The zero-order valence-corrected chi connectivity index (χ0v) is 9.43. The van der Waals surface area contributed by atoms with Crippen LogP contribution in [-0.2, 0) is 4.84 Å². The normalized spacial score (nSPS) is 12.9. The van der Waals surface area contributed by atoms with Crippen molar-refractivity contribution in [2.24, 2.45) is 5.73 Å². The molecule has 0 aliphatic carbocycles. The fourth-order valence-electron chi connectivity index (χ4n) is 1.45. The first-order valence-corrected chi connectivity index (χ1v) is 4.84. The van der Waals surface area contributed by atoms with Gasteiger partial charge in [-0.3, -0.25) is 0 Å². The Morgan fingerprint density at radius 1 is 1.27 bits per heavy atom. The largest absolute Gasteiger partial charge is 0.497 e. The van der Waals surface area contributed by atoms with E-state index in [0.29, 0.717) is 6.54 Å². The summed E-state index contributed by atoms with van der Waals surface area (Å²) in [7, 11) is 5.14. The topological polar surface area (TPSA) is 47.7 Å². The van der Waals surface area contributed by atoms with Gasteiger partial charge < -0.3 is 15.3 Å². The quantitative estimate of drug-likeness (QED) is 0.742. The molecule has 2 N–H and O–H groups in total. The first-order chi connectivity index (χ1) is 7.22. The van der Waals surface area contributed by atoms with E-state index in [1.807, 2.05) is 31.3 Å². The molecule has 0 saturated carbocycles. The summed E-state index contributed by atoms with van der Waals surface area (Å²) in [5.74, 6) is 0.842. The number of benzene rings is 1. The number of likely N-dealkylation sites (N-methyl/N-ethyl adjacent to an activating group) is 1. The number of rotatable bonds is 5. The highest BCUT2D eigenvalue weighted by molar-refractivity contribution is 5.29. The number of hydrogen-bond acceptors (Lipinski definition) is 4. The Kier molecular flexibility index (Phi) is 4.55. The maximum atomic E-state index is 5.70. The molecule has 4 nitrogen and oxygen atoms in total. The van der Waals surface area contributed by atoms with Crippen molar-refractivity contribution in [1.82, 2.24) is 5.06 Å². The third-order valence-corrected chi connectivity index (χ3v) is 2.45. The molecule has 1 aromatic rings. The Labute approximate surface area is 90.5 Å². The average molecular weight is 210 g/mol. The molecule has 1 atom stereocenters. The molecule has 0 bridgehead atoms. The van der Waals surface area contributed by atoms with Gasteiger partial charge in [-0.05, 0) is 17.7 Å². The fourth-order valence-corrected chi connectivity index (χ4v) is 1.45. The van der Waals surface area contributed by atoms with Crippen molar-refractivity contribution in [3.05, 3.63) is 29.8 Å². The minimum Gasteiger partial charge on any atom is -0.497 e. The highest BCUT2D eigenvalue weighted by Crippen LogP contribution is 2.20. The van der Waals surface area contributed by atoms with Gasteiger partial charge in [0.05, 0.1) is 20.3 Å². The van der Waals surface area contributed by atoms with E-state index in [4.69, 9.17) is 15.3 Å². The molecule has 4 heteroatoms. The second-order valence-corrected chi connectivity index (χ2v) is 3.25. The second kappa shape index (κ2) is 5.70. The standard InChI is InChI=1S/C11H18N2O2/c1-13(15-3)11(8-12)9-4-6-10(14-2)7-5-9/h4-7,11H,8,12H2,1-3H3. The van der Waals surface area contributed by atoms with Crippen LogP contribution < -0.4 is 10.5 Å². The molecular weight excluding hydrogens is 192 g/mol. The number of hydrogen-bond donors (Lipinski definition) is 1. The van der Waals surface area contributed by atoms with Gasteiger partial charge in [-0.2, -0.15) is 5.06 Å². The van der Waals surface area contributed by atoms with Crippen LogP contribution in [-0.4, -0.2) is 32.9 Å². The number of hydroxylamine groups is 2. The lowest BCUT2D eigenvalue weighted by molar-refractivity contribution is -0.140. The summed E-state index contributed by atoms with van der Waals surface area (Å²) in [6.45, 7) is 0.511. The molecule has 0 heterocycles. The molecular formula is C11H18N2O2. The van der Waals surface area contributed by atoms with Gasteiger partial charge in [-0.1, -0.05) is 12.1 Å². The highest BCUT2D eigenvalue weighted by Gasteiger charge is 2.14. The van der Waals surface area contributed by atoms with Crippen LogP contribution in [0.2, 0.25) is 0 Å². The average Bonchev–Trinajstić information content (AvgIpc) is 2.30. The number of ether oxygens (including phenoxy) is 1. The van der Waals surface area contributed by atoms with Crippen LogP contribution in [0.5, 0.6) is 5.75 Å². The monoisotopic (exact) mass is 210 g/mol. The molecule has 1 rings (SSSR count). The molecule has 1 unspecified atom stereocenters. The van der Waals surface area contributed by atoms with Crippen LogP contribution >= 0.6 is 0 Å². The lowest BCUT2D eigenvalue weighted by Crippen LogP contribution is -2.29.